The first kappa shape index (κ1) is 20.9. The van der Waals surface area contributed by atoms with Gasteiger partial charge < -0.3 is 14.2 Å². The van der Waals surface area contributed by atoms with Crippen molar-refractivity contribution in [3.63, 3.8) is 0 Å². The summed E-state index contributed by atoms with van der Waals surface area (Å²) in [4.78, 5) is 34.5. The number of carbonyl (C=O) groups excluding carboxylic acids is 3. The number of ketones is 1. The van der Waals surface area contributed by atoms with E-state index in [-0.39, 0.29) is 17.3 Å². The van der Waals surface area contributed by atoms with E-state index in [0.29, 0.717) is 18.4 Å². The zero-order chi connectivity index (χ0) is 20.5. The summed E-state index contributed by atoms with van der Waals surface area (Å²) in [5, 5.41) is 0. The molecule has 0 spiro atoms. The molecule has 0 heterocycles. The van der Waals surface area contributed by atoms with Gasteiger partial charge in [0.1, 0.15) is 5.75 Å². The van der Waals surface area contributed by atoms with Gasteiger partial charge in [-0.2, -0.15) is 0 Å². The van der Waals surface area contributed by atoms with Crippen LogP contribution < -0.4 is 14.2 Å². The SMILES string of the molecule is COc1ccc(CCC(=O)/C=C/c2ccc(OC(C)=O)c(OC(C)=O)c2)cc1. The van der Waals surface area contributed by atoms with E-state index in [1.54, 1.807) is 19.3 Å². The van der Waals surface area contributed by atoms with Crippen molar-refractivity contribution in [1.82, 2.24) is 0 Å². The third kappa shape index (κ3) is 6.72. The average molecular weight is 382 g/mol. The first-order chi connectivity index (χ1) is 13.4. The van der Waals surface area contributed by atoms with Crippen LogP contribution in [-0.4, -0.2) is 24.8 Å². The van der Waals surface area contributed by atoms with Crippen LogP contribution in [0.15, 0.2) is 48.5 Å². The molecule has 0 aliphatic rings. The highest BCUT2D eigenvalue weighted by Gasteiger charge is 2.10. The van der Waals surface area contributed by atoms with Gasteiger partial charge in [-0.15, -0.1) is 0 Å². The molecule has 2 aromatic carbocycles. The van der Waals surface area contributed by atoms with Gasteiger partial charge in [-0.1, -0.05) is 24.3 Å². The van der Waals surface area contributed by atoms with Crippen molar-refractivity contribution in [3.8, 4) is 17.2 Å². The van der Waals surface area contributed by atoms with Crippen molar-refractivity contribution in [2.24, 2.45) is 0 Å². The standard InChI is InChI=1S/C22H22O6/c1-15(23)27-21-13-8-18(14-22(21)28-16(2)24)5-10-19(25)9-4-17-6-11-20(26-3)12-7-17/h5-8,10-14H,4,9H2,1-3H3/b10-5+. The summed E-state index contributed by atoms with van der Waals surface area (Å²) >= 11 is 0. The fourth-order valence-electron chi connectivity index (χ4n) is 2.43. The molecular weight excluding hydrogens is 360 g/mol. The Labute approximate surface area is 163 Å². The van der Waals surface area contributed by atoms with E-state index < -0.39 is 11.9 Å². The van der Waals surface area contributed by atoms with Gasteiger partial charge in [0.15, 0.2) is 17.3 Å². The summed E-state index contributed by atoms with van der Waals surface area (Å²) in [5.74, 6) is -0.0543. The summed E-state index contributed by atoms with van der Waals surface area (Å²) in [6, 6.07) is 12.3. The monoisotopic (exact) mass is 382 g/mol. The molecule has 0 saturated carbocycles. The van der Waals surface area contributed by atoms with Crippen molar-refractivity contribution < 1.29 is 28.6 Å². The van der Waals surface area contributed by atoms with Gasteiger partial charge in [0.25, 0.3) is 0 Å². The Morgan fingerprint density at radius 1 is 0.893 bits per heavy atom. The van der Waals surface area contributed by atoms with Crippen LogP contribution in [0, 0.1) is 0 Å². The van der Waals surface area contributed by atoms with E-state index >= 15 is 0 Å². The molecule has 6 heteroatoms. The van der Waals surface area contributed by atoms with Crippen molar-refractivity contribution in [1.29, 1.82) is 0 Å². The summed E-state index contributed by atoms with van der Waals surface area (Å²) in [7, 11) is 1.61. The molecule has 2 rings (SSSR count). The van der Waals surface area contributed by atoms with Crippen LogP contribution >= 0.6 is 0 Å². The predicted octanol–water partition coefficient (Wildman–Crippen LogP) is 3.76. The molecule has 0 aliphatic carbocycles. The second-order valence-electron chi connectivity index (χ2n) is 6.04. The van der Waals surface area contributed by atoms with Gasteiger partial charge in [0.2, 0.25) is 0 Å². The van der Waals surface area contributed by atoms with Crippen molar-refractivity contribution in [3.05, 3.63) is 59.7 Å². The summed E-state index contributed by atoms with van der Waals surface area (Å²) in [6.07, 6.45) is 4.09. The van der Waals surface area contributed by atoms with E-state index in [1.807, 2.05) is 24.3 Å². The lowest BCUT2D eigenvalue weighted by molar-refractivity contribution is -0.134. The Morgan fingerprint density at radius 3 is 2.14 bits per heavy atom. The molecule has 0 fully saturated rings. The minimum atomic E-state index is -0.537. The fraction of sp³-hybridized carbons (Fsp3) is 0.227. The number of esters is 2. The number of allylic oxidation sites excluding steroid dienone is 1. The van der Waals surface area contributed by atoms with Crippen LogP contribution in [0.2, 0.25) is 0 Å². The van der Waals surface area contributed by atoms with Crippen LogP contribution in [0.4, 0.5) is 0 Å². The zero-order valence-electron chi connectivity index (χ0n) is 16.1. The van der Waals surface area contributed by atoms with Crippen molar-refractivity contribution in [2.45, 2.75) is 26.7 Å². The number of hydrogen-bond donors (Lipinski definition) is 0. The number of rotatable bonds is 8. The number of hydrogen-bond acceptors (Lipinski definition) is 6. The Morgan fingerprint density at radius 2 is 1.54 bits per heavy atom. The molecule has 0 atom stereocenters. The number of methoxy groups -OCH3 is 1. The Hall–Kier alpha value is -3.41. The molecule has 0 aromatic heterocycles. The highest BCUT2D eigenvalue weighted by atomic mass is 16.6. The molecule has 0 radical (unpaired) electrons. The second kappa shape index (κ2) is 10.1. The number of aryl methyl sites for hydroxylation is 1. The Bertz CT molecular complexity index is 880. The quantitative estimate of drug-likeness (QED) is 0.393. The first-order valence-corrected chi connectivity index (χ1v) is 8.72. The lowest BCUT2D eigenvalue weighted by atomic mass is 10.1. The normalized spacial score (nSPS) is 10.5. The molecule has 0 amide bonds. The second-order valence-corrected chi connectivity index (χ2v) is 6.04. The van der Waals surface area contributed by atoms with Gasteiger partial charge in [0, 0.05) is 20.3 Å². The topological polar surface area (TPSA) is 78.9 Å². The highest BCUT2D eigenvalue weighted by Crippen LogP contribution is 2.29. The number of ether oxygens (including phenoxy) is 3. The van der Waals surface area contributed by atoms with Crippen LogP contribution in [0.25, 0.3) is 6.08 Å². The molecule has 0 bridgehead atoms. The van der Waals surface area contributed by atoms with E-state index in [2.05, 4.69) is 0 Å². The average Bonchev–Trinajstić information content (AvgIpc) is 2.66. The largest absolute Gasteiger partial charge is 0.497 e. The smallest absolute Gasteiger partial charge is 0.308 e. The first-order valence-electron chi connectivity index (χ1n) is 8.72. The van der Waals surface area contributed by atoms with Gasteiger partial charge in [-0.05, 0) is 47.9 Å². The van der Waals surface area contributed by atoms with Crippen LogP contribution in [0.1, 0.15) is 31.4 Å². The van der Waals surface area contributed by atoms with E-state index in [4.69, 9.17) is 14.2 Å². The highest BCUT2D eigenvalue weighted by molar-refractivity contribution is 5.93. The number of carbonyl (C=O) groups is 3. The predicted molar refractivity (Wildman–Crippen MR) is 104 cm³/mol. The molecule has 0 aliphatic heterocycles. The molecular formula is C22H22O6. The molecule has 0 N–H and O–H groups in total. The summed E-state index contributed by atoms with van der Waals surface area (Å²) < 4.78 is 15.2. The maximum Gasteiger partial charge on any atom is 0.308 e. The lowest BCUT2D eigenvalue weighted by Gasteiger charge is -2.09. The van der Waals surface area contributed by atoms with Gasteiger partial charge >= 0.3 is 11.9 Å². The van der Waals surface area contributed by atoms with Crippen LogP contribution in [0.3, 0.4) is 0 Å². The van der Waals surface area contributed by atoms with E-state index in [9.17, 15) is 14.4 Å². The third-order valence-corrected chi connectivity index (χ3v) is 3.76. The Kier molecular flexibility index (Phi) is 7.51. The molecule has 0 unspecified atom stereocenters. The molecule has 0 saturated heterocycles. The molecule has 6 nitrogen and oxygen atoms in total. The third-order valence-electron chi connectivity index (χ3n) is 3.76. The van der Waals surface area contributed by atoms with E-state index in [0.717, 1.165) is 11.3 Å². The zero-order valence-corrected chi connectivity index (χ0v) is 16.1. The maximum absolute atomic E-state index is 12.1. The lowest BCUT2D eigenvalue weighted by Crippen LogP contribution is -2.07. The summed E-state index contributed by atoms with van der Waals surface area (Å²) in [6.45, 7) is 2.51. The minimum Gasteiger partial charge on any atom is -0.497 e. The minimum absolute atomic E-state index is 0.0334. The van der Waals surface area contributed by atoms with Gasteiger partial charge in [0.05, 0.1) is 7.11 Å². The fourth-order valence-corrected chi connectivity index (χ4v) is 2.43. The van der Waals surface area contributed by atoms with Gasteiger partial charge in [-0.25, -0.2) is 0 Å². The van der Waals surface area contributed by atoms with Crippen molar-refractivity contribution >= 4 is 23.8 Å². The van der Waals surface area contributed by atoms with Crippen molar-refractivity contribution in [2.75, 3.05) is 7.11 Å². The Balaban J connectivity index is 2.01. The van der Waals surface area contributed by atoms with Gasteiger partial charge in [-0.3, -0.25) is 14.4 Å². The van der Waals surface area contributed by atoms with Crippen LogP contribution in [-0.2, 0) is 20.8 Å². The summed E-state index contributed by atoms with van der Waals surface area (Å²) in [5.41, 5.74) is 1.69. The van der Waals surface area contributed by atoms with E-state index in [1.165, 1.54) is 32.1 Å². The molecule has 2 aromatic rings. The molecule has 146 valence electrons. The van der Waals surface area contributed by atoms with Crippen LogP contribution in [0.5, 0.6) is 17.2 Å². The maximum atomic E-state index is 12.1. The number of benzene rings is 2. The molecule has 28 heavy (non-hydrogen) atoms.